The molecule has 0 aliphatic carbocycles. The molecule has 0 unspecified atom stereocenters. The number of hydrogen-bond acceptors (Lipinski definition) is 1. The molecule has 0 spiro atoms. The molecule has 0 aromatic carbocycles. The van der Waals surface area contributed by atoms with E-state index in [-0.39, 0.29) is 5.41 Å². The predicted molar refractivity (Wildman–Crippen MR) is 60.4 cm³/mol. The molecule has 1 heterocycles. The van der Waals surface area contributed by atoms with Crippen molar-refractivity contribution in [1.29, 1.82) is 0 Å². The van der Waals surface area contributed by atoms with Gasteiger partial charge in [-0.2, -0.15) is 5.10 Å². The van der Waals surface area contributed by atoms with Crippen molar-refractivity contribution in [1.82, 2.24) is 10.2 Å². The highest BCUT2D eigenvalue weighted by molar-refractivity contribution is 5.15. The van der Waals surface area contributed by atoms with Gasteiger partial charge in [-0.05, 0) is 17.4 Å². The third kappa shape index (κ3) is 3.17. The van der Waals surface area contributed by atoms with Crippen molar-refractivity contribution < 1.29 is 0 Å². The molecule has 0 radical (unpaired) electrons. The van der Waals surface area contributed by atoms with Gasteiger partial charge in [-0.3, -0.25) is 5.10 Å². The number of unbranched alkanes of at least 4 members (excludes halogenated alkanes) is 3. The van der Waals surface area contributed by atoms with Gasteiger partial charge in [-0.25, -0.2) is 0 Å². The van der Waals surface area contributed by atoms with Crippen molar-refractivity contribution in [3.05, 3.63) is 18.0 Å². The monoisotopic (exact) mass is 194 g/mol. The number of aromatic amines is 1. The van der Waals surface area contributed by atoms with Crippen LogP contribution in [0, 0.1) is 0 Å². The van der Waals surface area contributed by atoms with E-state index in [4.69, 9.17) is 0 Å². The van der Waals surface area contributed by atoms with Crippen molar-refractivity contribution in [2.45, 2.75) is 58.3 Å². The summed E-state index contributed by atoms with van der Waals surface area (Å²) < 4.78 is 0. The van der Waals surface area contributed by atoms with Crippen molar-refractivity contribution in [2.24, 2.45) is 0 Å². The highest BCUT2D eigenvalue weighted by atomic mass is 15.1. The number of nitrogens with one attached hydrogen (secondary N) is 1. The van der Waals surface area contributed by atoms with Crippen LogP contribution in [0.5, 0.6) is 0 Å². The third-order valence-corrected chi connectivity index (χ3v) is 2.94. The normalized spacial score (nSPS) is 11.9. The molecule has 0 amide bonds. The van der Waals surface area contributed by atoms with Crippen molar-refractivity contribution in [3.8, 4) is 0 Å². The molecule has 0 fully saturated rings. The smallest absolute Gasteiger partial charge is 0.0524 e. The summed E-state index contributed by atoms with van der Waals surface area (Å²) in [5.74, 6) is 0. The first-order valence-corrected chi connectivity index (χ1v) is 5.66. The van der Waals surface area contributed by atoms with Gasteiger partial charge >= 0.3 is 0 Å². The molecule has 2 nitrogen and oxygen atoms in total. The Hall–Kier alpha value is -0.790. The van der Waals surface area contributed by atoms with Gasteiger partial charge in [0, 0.05) is 6.20 Å². The third-order valence-electron chi connectivity index (χ3n) is 2.94. The van der Waals surface area contributed by atoms with Crippen LogP contribution in [0.4, 0.5) is 0 Å². The van der Waals surface area contributed by atoms with Crippen molar-refractivity contribution in [2.75, 3.05) is 0 Å². The summed E-state index contributed by atoms with van der Waals surface area (Å²) in [7, 11) is 0. The zero-order valence-electron chi connectivity index (χ0n) is 9.64. The number of aromatic nitrogens is 2. The molecule has 0 saturated carbocycles. The number of rotatable bonds is 6. The van der Waals surface area contributed by atoms with Crippen LogP contribution in [0.25, 0.3) is 0 Å². The van der Waals surface area contributed by atoms with Crippen molar-refractivity contribution >= 4 is 0 Å². The van der Waals surface area contributed by atoms with Gasteiger partial charge in [0.2, 0.25) is 0 Å². The minimum absolute atomic E-state index is 0.279. The summed E-state index contributed by atoms with van der Waals surface area (Å²) >= 11 is 0. The van der Waals surface area contributed by atoms with Gasteiger partial charge in [0.15, 0.2) is 0 Å². The van der Waals surface area contributed by atoms with Crippen LogP contribution in [0.1, 0.15) is 58.4 Å². The topological polar surface area (TPSA) is 28.7 Å². The first-order valence-electron chi connectivity index (χ1n) is 5.66. The molecule has 0 atom stereocenters. The fourth-order valence-corrected chi connectivity index (χ4v) is 1.76. The molecule has 14 heavy (non-hydrogen) atoms. The average molecular weight is 194 g/mol. The summed E-state index contributed by atoms with van der Waals surface area (Å²) in [5.41, 5.74) is 1.61. The predicted octanol–water partition coefficient (Wildman–Crippen LogP) is 3.66. The van der Waals surface area contributed by atoms with Gasteiger partial charge in [0.1, 0.15) is 0 Å². The van der Waals surface area contributed by atoms with Gasteiger partial charge in [0.05, 0.1) is 6.20 Å². The molecule has 1 aromatic rings. The Kier molecular flexibility index (Phi) is 4.18. The molecular weight excluding hydrogens is 172 g/mol. The van der Waals surface area contributed by atoms with Crippen LogP contribution in [-0.4, -0.2) is 10.2 Å². The lowest BCUT2D eigenvalue weighted by Crippen LogP contribution is -2.15. The standard InChI is InChI=1S/C12H22N2/c1-4-5-6-7-8-12(2,3)11-9-13-14-10-11/h9-10H,4-8H2,1-3H3,(H,13,14). The van der Waals surface area contributed by atoms with E-state index in [1.54, 1.807) is 0 Å². The highest BCUT2D eigenvalue weighted by Crippen LogP contribution is 2.28. The van der Waals surface area contributed by atoms with E-state index >= 15 is 0 Å². The lowest BCUT2D eigenvalue weighted by atomic mass is 9.82. The highest BCUT2D eigenvalue weighted by Gasteiger charge is 2.20. The Morgan fingerprint density at radius 2 is 2.07 bits per heavy atom. The average Bonchev–Trinajstić information content (AvgIpc) is 2.65. The Labute approximate surface area is 87.1 Å². The van der Waals surface area contributed by atoms with Gasteiger partial charge < -0.3 is 0 Å². The molecule has 0 bridgehead atoms. The maximum absolute atomic E-state index is 4.01. The maximum atomic E-state index is 4.01. The maximum Gasteiger partial charge on any atom is 0.0524 e. The van der Waals surface area contributed by atoms with E-state index in [0.717, 1.165) is 0 Å². The van der Waals surface area contributed by atoms with Gasteiger partial charge in [0.25, 0.3) is 0 Å². The van der Waals surface area contributed by atoms with Crippen molar-refractivity contribution in [3.63, 3.8) is 0 Å². The Morgan fingerprint density at radius 3 is 2.64 bits per heavy atom. The first kappa shape index (κ1) is 11.3. The summed E-state index contributed by atoms with van der Waals surface area (Å²) in [6.45, 7) is 6.84. The van der Waals surface area contributed by atoms with Crippen LogP contribution in [0.3, 0.4) is 0 Å². The number of nitrogens with zero attached hydrogens (tertiary/aromatic N) is 1. The fraction of sp³-hybridized carbons (Fsp3) is 0.750. The summed E-state index contributed by atoms with van der Waals surface area (Å²) in [4.78, 5) is 0. The number of hydrogen-bond donors (Lipinski definition) is 1. The summed E-state index contributed by atoms with van der Waals surface area (Å²) in [6.07, 6.45) is 10.6. The SMILES string of the molecule is CCCCCCC(C)(C)c1cn[nH]c1. The molecule has 1 aromatic heterocycles. The summed E-state index contributed by atoms with van der Waals surface area (Å²) in [5, 5.41) is 6.90. The van der Waals surface area contributed by atoms with Gasteiger partial charge in [-0.15, -0.1) is 0 Å². The number of H-pyrrole nitrogens is 1. The minimum atomic E-state index is 0.279. The Morgan fingerprint density at radius 1 is 1.29 bits per heavy atom. The van der Waals surface area contributed by atoms with Crippen LogP contribution in [0.15, 0.2) is 12.4 Å². The first-order chi connectivity index (χ1) is 6.67. The second-order valence-corrected chi connectivity index (χ2v) is 4.68. The summed E-state index contributed by atoms with van der Waals surface area (Å²) in [6, 6.07) is 0. The largest absolute Gasteiger partial charge is 0.285 e. The Balaban J connectivity index is 2.35. The van der Waals surface area contributed by atoms with E-state index in [9.17, 15) is 0 Å². The minimum Gasteiger partial charge on any atom is -0.285 e. The van der Waals surface area contributed by atoms with Crippen LogP contribution in [0.2, 0.25) is 0 Å². The lowest BCUT2D eigenvalue weighted by molar-refractivity contribution is 0.446. The van der Waals surface area contributed by atoms with E-state index in [0.29, 0.717) is 0 Å². The van der Waals surface area contributed by atoms with Gasteiger partial charge in [-0.1, -0.05) is 46.5 Å². The lowest BCUT2D eigenvalue weighted by Gasteiger charge is -2.22. The zero-order chi connectivity index (χ0) is 10.4. The van der Waals surface area contributed by atoms with Crippen LogP contribution in [-0.2, 0) is 5.41 Å². The van der Waals surface area contributed by atoms with E-state index < -0.39 is 0 Å². The van der Waals surface area contributed by atoms with E-state index in [1.807, 2.05) is 12.4 Å². The Bertz CT molecular complexity index is 237. The molecular formula is C12H22N2. The molecule has 0 saturated heterocycles. The van der Waals surface area contributed by atoms with Crippen LogP contribution >= 0.6 is 0 Å². The quantitative estimate of drug-likeness (QED) is 0.688. The van der Waals surface area contributed by atoms with Crippen LogP contribution < -0.4 is 0 Å². The van der Waals surface area contributed by atoms with E-state index in [2.05, 4.69) is 31.0 Å². The molecule has 1 rings (SSSR count). The fourth-order valence-electron chi connectivity index (χ4n) is 1.76. The second kappa shape index (κ2) is 5.18. The molecule has 2 heteroatoms. The molecule has 1 N–H and O–H groups in total. The second-order valence-electron chi connectivity index (χ2n) is 4.68. The zero-order valence-corrected chi connectivity index (χ0v) is 9.64. The molecule has 0 aliphatic rings. The molecule has 0 aliphatic heterocycles. The molecule has 80 valence electrons. The van der Waals surface area contributed by atoms with E-state index in [1.165, 1.54) is 37.7 Å².